The molecule has 5 aromatic rings. The molecular weight excluding hydrogens is 484 g/mol. The zero-order chi connectivity index (χ0) is 27.1. The Hall–Kier alpha value is -4.58. The van der Waals surface area contributed by atoms with Crippen LogP contribution in [0.25, 0.3) is 22.2 Å². The average Bonchev–Trinajstić information content (AvgIpc) is 3.47. The minimum absolute atomic E-state index is 0.0528. The van der Waals surface area contributed by atoms with Gasteiger partial charge in [-0.05, 0) is 71.5 Å². The summed E-state index contributed by atoms with van der Waals surface area (Å²) in [7, 11) is 2.13. The third-order valence-electron chi connectivity index (χ3n) is 7.66. The molecule has 2 heterocycles. The van der Waals surface area contributed by atoms with Crippen LogP contribution >= 0.6 is 0 Å². The number of hydrogen-bond donors (Lipinski definition) is 2. The van der Waals surface area contributed by atoms with Crippen molar-refractivity contribution in [3.05, 3.63) is 113 Å². The molecule has 39 heavy (non-hydrogen) atoms. The fourth-order valence-corrected chi connectivity index (χ4v) is 5.70. The lowest BCUT2D eigenvalue weighted by Crippen LogP contribution is -2.23. The van der Waals surface area contributed by atoms with Crippen LogP contribution in [0, 0.1) is 6.92 Å². The van der Waals surface area contributed by atoms with E-state index in [0.717, 1.165) is 52.1 Å². The molecule has 2 N–H and O–H groups in total. The Bertz CT molecular complexity index is 1690. The molecule has 1 aromatic heterocycles. The van der Waals surface area contributed by atoms with Gasteiger partial charge in [-0.15, -0.1) is 0 Å². The monoisotopic (exact) mass is 516 g/mol. The predicted molar refractivity (Wildman–Crippen MR) is 158 cm³/mol. The Morgan fingerprint density at radius 1 is 1.00 bits per heavy atom. The van der Waals surface area contributed by atoms with E-state index in [1.807, 2.05) is 24.3 Å². The first-order chi connectivity index (χ1) is 18.9. The molecule has 196 valence electrons. The number of carbonyl (C=O) groups is 1. The first kappa shape index (κ1) is 24.7. The fourth-order valence-electron chi connectivity index (χ4n) is 5.70. The van der Waals surface area contributed by atoms with Crippen LogP contribution in [0.1, 0.15) is 52.4 Å². The lowest BCUT2D eigenvalue weighted by molar-refractivity contribution is 0.0697. The summed E-state index contributed by atoms with van der Waals surface area (Å²) in [4.78, 5) is 19.1. The Morgan fingerprint density at radius 2 is 1.74 bits per heavy atom. The van der Waals surface area contributed by atoms with E-state index in [1.165, 1.54) is 16.8 Å². The van der Waals surface area contributed by atoms with Gasteiger partial charge in [0, 0.05) is 20.0 Å². The Kier molecular flexibility index (Phi) is 6.31. The number of benzene rings is 4. The highest BCUT2D eigenvalue weighted by atomic mass is 16.4. The van der Waals surface area contributed by atoms with E-state index in [4.69, 9.17) is 4.98 Å². The van der Waals surface area contributed by atoms with Gasteiger partial charge in [-0.2, -0.15) is 0 Å². The number of fused-ring (bicyclic) bond motifs is 2. The number of hydrogen-bond acceptors (Lipinski definition) is 4. The molecule has 0 amide bonds. The third-order valence-corrected chi connectivity index (χ3v) is 7.66. The van der Waals surface area contributed by atoms with Crippen molar-refractivity contribution < 1.29 is 9.90 Å². The number of para-hydroxylation sites is 2. The molecule has 4 aromatic carbocycles. The van der Waals surface area contributed by atoms with E-state index >= 15 is 0 Å². The molecule has 6 rings (SSSR count). The number of carboxylic acids is 1. The van der Waals surface area contributed by atoms with E-state index in [1.54, 1.807) is 12.1 Å². The Morgan fingerprint density at radius 3 is 2.49 bits per heavy atom. The minimum atomic E-state index is -0.916. The second-order valence-corrected chi connectivity index (χ2v) is 10.3. The number of nitrogens with one attached hydrogen (secondary N) is 1. The molecule has 0 aliphatic carbocycles. The summed E-state index contributed by atoms with van der Waals surface area (Å²) in [6.45, 7) is 5.03. The SMILES string of the molecule is CCCc1nc2c(C)cc(C3Nc4ccccc4N3C)cc2n1Cc1ccc(-c2ccccc2C(=O)O)cc1. The van der Waals surface area contributed by atoms with Gasteiger partial charge in [0.25, 0.3) is 0 Å². The Labute approximate surface area is 228 Å². The summed E-state index contributed by atoms with van der Waals surface area (Å²) >= 11 is 0. The molecule has 1 atom stereocenters. The van der Waals surface area contributed by atoms with E-state index in [9.17, 15) is 9.90 Å². The maximum atomic E-state index is 11.7. The number of anilines is 2. The summed E-state index contributed by atoms with van der Waals surface area (Å²) in [5.74, 6) is 0.171. The standard InChI is InChI=1S/C33H32N4O2/c1-4-9-30-35-31-21(2)18-24(32-34-27-12-7-8-13-28(27)36(32)3)19-29(31)37(30)20-22-14-16-23(17-15-22)25-10-5-6-11-26(25)33(38)39/h5-8,10-19,32,34H,4,9,20H2,1-3H3,(H,38,39). The normalized spacial score (nSPS) is 14.4. The number of rotatable bonds is 7. The molecule has 6 heteroatoms. The maximum Gasteiger partial charge on any atom is 0.336 e. The van der Waals surface area contributed by atoms with Crippen LogP contribution in [0.3, 0.4) is 0 Å². The predicted octanol–water partition coefficient (Wildman–Crippen LogP) is 7.27. The largest absolute Gasteiger partial charge is 0.478 e. The highest BCUT2D eigenvalue weighted by Gasteiger charge is 2.28. The molecule has 0 fully saturated rings. The van der Waals surface area contributed by atoms with Crippen LogP contribution in [0.2, 0.25) is 0 Å². The summed E-state index contributed by atoms with van der Waals surface area (Å²) < 4.78 is 2.34. The van der Waals surface area contributed by atoms with Crippen LogP contribution in [0.4, 0.5) is 11.4 Å². The van der Waals surface area contributed by atoms with E-state index < -0.39 is 5.97 Å². The van der Waals surface area contributed by atoms with Gasteiger partial charge in [0.15, 0.2) is 0 Å². The van der Waals surface area contributed by atoms with Crippen molar-refractivity contribution in [2.45, 2.75) is 39.4 Å². The van der Waals surface area contributed by atoms with Gasteiger partial charge in [0.1, 0.15) is 12.0 Å². The maximum absolute atomic E-state index is 11.7. The van der Waals surface area contributed by atoms with Crippen LogP contribution < -0.4 is 10.2 Å². The lowest BCUT2D eigenvalue weighted by Gasteiger charge is -2.23. The number of aromatic nitrogens is 2. The van der Waals surface area contributed by atoms with Crippen molar-refractivity contribution in [1.29, 1.82) is 0 Å². The number of aryl methyl sites for hydroxylation is 2. The van der Waals surface area contributed by atoms with E-state index in [2.05, 4.69) is 84.2 Å². The average molecular weight is 517 g/mol. The number of aromatic carboxylic acids is 1. The van der Waals surface area contributed by atoms with Crippen molar-refractivity contribution in [2.75, 3.05) is 17.3 Å². The molecule has 6 nitrogen and oxygen atoms in total. The van der Waals surface area contributed by atoms with Gasteiger partial charge >= 0.3 is 5.97 Å². The molecular formula is C33H32N4O2. The second kappa shape index (κ2) is 9.95. The van der Waals surface area contributed by atoms with Crippen LogP contribution in [0.5, 0.6) is 0 Å². The molecule has 0 radical (unpaired) electrons. The number of imidazole rings is 1. The lowest BCUT2D eigenvalue weighted by atomic mass is 9.98. The molecule has 0 saturated carbocycles. The van der Waals surface area contributed by atoms with Crippen LogP contribution in [0.15, 0.2) is 84.9 Å². The molecule has 1 aliphatic rings. The van der Waals surface area contributed by atoms with Crippen molar-refractivity contribution in [3.8, 4) is 11.1 Å². The van der Waals surface area contributed by atoms with Crippen LogP contribution in [-0.2, 0) is 13.0 Å². The first-order valence-corrected chi connectivity index (χ1v) is 13.4. The van der Waals surface area contributed by atoms with Crippen molar-refractivity contribution >= 4 is 28.4 Å². The van der Waals surface area contributed by atoms with Crippen molar-refractivity contribution in [1.82, 2.24) is 9.55 Å². The quantitative estimate of drug-likeness (QED) is 0.238. The summed E-state index contributed by atoms with van der Waals surface area (Å²) in [6, 6.07) is 28.3. The Balaban J connectivity index is 1.37. The molecule has 0 saturated heterocycles. The highest BCUT2D eigenvalue weighted by Crippen LogP contribution is 2.40. The molecule has 0 spiro atoms. The topological polar surface area (TPSA) is 70.4 Å². The fraction of sp³-hybridized carbons (Fsp3) is 0.212. The molecule has 1 aliphatic heterocycles. The van der Waals surface area contributed by atoms with Gasteiger partial charge in [-0.25, -0.2) is 9.78 Å². The van der Waals surface area contributed by atoms with Gasteiger partial charge in [-0.1, -0.05) is 61.5 Å². The first-order valence-electron chi connectivity index (χ1n) is 13.4. The third kappa shape index (κ3) is 4.42. The van der Waals surface area contributed by atoms with Gasteiger partial charge < -0.3 is 19.9 Å². The zero-order valence-corrected chi connectivity index (χ0v) is 22.5. The van der Waals surface area contributed by atoms with Crippen molar-refractivity contribution in [3.63, 3.8) is 0 Å². The minimum Gasteiger partial charge on any atom is -0.478 e. The zero-order valence-electron chi connectivity index (χ0n) is 22.5. The summed E-state index contributed by atoms with van der Waals surface area (Å²) in [5, 5.41) is 13.3. The summed E-state index contributed by atoms with van der Waals surface area (Å²) in [6.07, 6.45) is 1.97. The highest BCUT2D eigenvalue weighted by molar-refractivity contribution is 5.96. The van der Waals surface area contributed by atoms with E-state index in [-0.39, 0.29) is 6.17 Å². The van der Waals surface area contributed by atoms with Gasteiger partial charge in [-0.3, -0.25) is 0 Å². The molecule has 1 unspecified atom stereocenters. The number of carboxylic acid groups (broad SMARTS) is 1. The second-order valence-electron chi connectivity index (χ2n) is 10.3. The number of nitrogens with zero attached hydrogens (tertiary/aromatic N) is 3. The van der Waals surface area contributed by atoms with E-state index in [0.29, 0.717) is 12.1 Å². The van der Waals surface area contributed by atoms with Crippen LogP contribution in [-0.4, -0.2) is 27.7 Å². The summed E-state index contributed by atoms with van der Waals surface area (Å²) in [5.41, 5.74) is 10.00. The van der Waals surface area contributed by atoms with Crippen molar-refractivity contribution in [2.24, 2.45) is 0 Å². The molecule has 0 bridgehead atoms. The van der Waals surface area contributed by atoms with Gasteiger partial charge in [0.2, 0.25) is 0 Å². The van der Waals surface area contributed by atoms with Gasteiger partial charge in [0.05, 0.1) is 28.0 Å². The smallest absolute Gasteiger partial charge is 0.336 e.